The Morgan fingerprint density at radius 2 is 1.86 bits per heavy atom. The molecule has 0 spiro atoms. The zero-order valence-electron chi connectivity index (χ0n) is 13.2. The SMILES string of the molecule is COc1ccc(C(O)COC2CCC(C)CC2)c(OC)c1. The average molecular weight is 294 g/mol. The van der Waals surface area contributed by atoms with Crippen LogP contribution in [0.15, 0.2) is 18.2 Å². The van der Waals surface area contributed by atoms with Crippen molar-refractivity contribution in [3.8, 4) is 11.5 Å². The molecule has 1 unspecified atom stereocenters. The van der Waals surface area contributed by atoms with Crippen molar-refractivity contribution < 1.29 is 19.3 Å². The summed E-state index contributed by atoms with van der Waals surface area (Å²) in [4.78, 5) is 0. The van der Waals surface area contributed by atoms with E-state index >= 15 is 0 Å². The minimum atomic E-state index is -0.676. The number of ether oxygens (including phenoxy) is 3. The summed E-state index contributed by atoms with van der Waals surface area (Å²) in [6.07, 6.45) is 4.21. The van der Waals surface area contributed by atoms with Gasteiger partial charge in [-0.2, -0.15) is 0 Å². The highest BCUT2D eigenvalue weighted by Crippen LogP contribution is 2.31. The van der Waals surface area contributed by atoms with Gasteiger partial charge in [0.1, 0.15) is 17.6 Å². The van der Waals surface area contributed by atoms with Crippen molar-refractivity contribution in [1.82, 2.24) is 0 Å². The Hall–Kier alpha value is -1.26. The van der Waals surface area contributed by atoms with Gasteiger partial charge in [0.2, 0.25) is 0 Å². The Bertz CT molecular complexity index is 438. The highest BCUT2D eigenvalue weighted by atomic mass is 16.5. The normalized spacial score (nSPS) is 23.6. The Morgan fingerprint density at radius 1 is 1.14 bits per heavy atom. The van der Waals surface area contributed by atoms with Gasteiger partial charge < -0.3 is 19.3 Å². The second-order valence-corrected chi connectivity index (χ2v) is 5.84. The van der Waals surface area contributed by atoms with Gasteiger partial charge in [-0.1, -0.05) is 6.92 Å². The smallest absolute Gasteiger partial charge is 0.128 e. The van der Waals surface area contributed by atoms with Gasteiger partial charge in [0.15, 0.2) is 0 Å². The molecule has 4 heteroatoms. The summed E-state index contributed by atoms with van der Waals surface area (Å²) < 4.78 is 16.3. The Morgan fingerprint density at radius 3 is 2.48 bits per heavy atom. The van der Waals surface area contributed by atoms with Crippen molar-refractivity contribution in [2.75, 3.05) is 20.8 Å². The third-order valence-electron chi connectivity index (χ3n) is 4.25. The summed E-state index contributed by atoms with van der Waals surface area (Å²) >= 11 is 0. The average Bonchev–Trinajstić information content (AvgIpc) is 2.53. The molecule has 1 aromatic rings. The molecule has 4 nitrogen and oxygen atoms in total. The molecule has 1 atom stereocenters. The first-order chi connectivity index (χ1) is 10.1. The first-order valence-electron chi connectivity index (χ1n) is 7.65. The number of hydrogen-bond donors (Lipinski definition) is 1. The van der Waals surface area contributed by atoms with Crippen LogP contribution in [0.3, 0.4) is 0 Å². The van der Waals surface area contributed by atoms with Gasteiger partial charge in [0.25, 0.3) is 0 Å². The van der Waals surface area contributed by atoms with Gasteiger partial charge in [0, 0.05) is 11.6 Å². The Labute approximate surface area is 127 Å². The van der Waals surface area contributed by atoms with Crippen LogP contribution in [0.1, 0.15) is 44.3 Å². The van der Waals surface area contributed by atoms with Crippen LogP contribution in [0, 0.1) is 5.92 Å². The molecule has 1 aliphatic carbocycles. The fraction of sp³-hybridized carbons (Fsp3) is 0.647. The van der Waals surface area contributed by atoms with Gasteiger partial charge in [-0.3, -0.25) is 0 Å². The van der Waals surface area contributed by atoms with Crippen LogP contribution in [0.2, 0.25) is 0 Å². The fourth-order valence-corrected chi connectivity index (χ4v) is 2.81. The minimum absolute atomic E-state index is 0.278. The predicted octanol–water partition coefficient (Wildman–Crippen LogP) is 3.33. The molecule has 1 aromatic carbocycles. The van der Waals surface area contributed by atoms with Crippen molar-refractivity contribution in [1.29, 1.82) is 0 Å². The van der Waals surface area contributed by atoms with E-state index in [0.29, 0.717) is 18.1 Å². The zero-order chi connectivity index (χ0) is 15.2. The van der Waals surface area contributed by atoms with Gasteiger partial charge in [-0.15, -0.1) is 0 Å². The molecule has 0 bridgehead atoms. The van der Waals surface area contributed by atoms with Gasteiger partial charge >= 0.3 is 0 Å². The molecule has 1 fully saturated rings. The Balaban J connectivity index is 1.92. The molecule has 0 heterocycles. The van der Waals surface area contributed by atoms with Crippen LogP contribution in [0.5, 0.6) is 11.5 Å². The quantitative estimate of drug-likeness (QED) is 0.874. The minimum Gasteiger partial charge on any atom is -0.497 e. The molecule has 1 aliphatic rings. The fourth-order valence-electron chi connectivity index (χ4n) is 2.81. The van der Waals surface area contributed by atoms with Crippen LogP contribution >= 0.6 is 0 Å². The number of rotatable bonds is 6. The van der Waals surface area contributed by atoms with E-state index in [9.17, 15) is 5.11 Å². The van der Waals surface area contributed by atoms with E-state index in [-0.39, 0.29) is 6.10 Å². The van der Waals surface area contributed by atoms with E-state index in [1.807, 2.05) is 12.1 Å². The van der Waals surface area contributed by atoms with Crippen LogP contribution in [0.4, 0.5) is 0 Å². The summed E-state index contributed by atoms with van der Waals surface area (Å²) in [6, 6.07) is 5.43. The van der Waals surface area contributed by atoms with Crippen LogP contribution < -0.4 is 9.47 Å². The van der Waals surface area contributed by atoms with E-state index in [4.69, 9.17) is 14.2 Å². The van der Waals surface area contributed by atoms with Crippen LogP contribution in [-0.4, -0.2) is 32.0 Å². The zero-order valence-corrected chi connectivity index (χ0v) is 13.2. The van der Waals surface area contributed by atoms with Gasteiger partial charge in [-0.25, -0.2) is 0 Å². The topological polar surface area (TPSA) is 47.9 Å². The van der Waals surface area contributed by atoms with E-state index in [2.05, 4.69) is 6.92 Å². The van der Waals surface area contributed by atoms with E-state index in [1.54, 1.807) is 20.3 Å². The second-order valence-electron chi connectivity index (χ2n) is 5.84. The molecule has 2 rings (SSSR count). The van der Waals surface area contributed by atoms with Crippen LogP contribution in [0.25, 0.3) is 0 Å². The molecule has 1 N–H and O–H groups in total. The molecular weight excluding hydrogens is 268 g/mol. The molecule has 118 valence electrons. The third kappa shape index (κ3) is 4.35. The number of aliphatic hydroxyl groups excluding tert-OH is 1. The molecule has 21 heavy (non-hydrogen) atoms. The Kier molecular flexibility index (Phi) is 5.88. The maximum absolute atomic E-state index is 10.3. The molecular formula is C17H26O4. The first kappa shape index (κ1) is 16.1. The summed E-state index contributed by atoms with van der Waals surface area (Å²) in [5.74, 6) is 2.14. The number of methoxy groups -OCH3 is 2. The monoisotopic (exact) mass is 294 g/mol. The molecule has 0 aromatic heterocycles. The number of hydrogen-bond acceptors (Lipinski definition) is 4. The largest absolute Gasteiger partial charge is 0.497 e. The third-order valence-corrected chi connectivity index (χ3v) is 4.25. The maximum atomic E-state index is 10.3. The van der Waals surface area contributed by atoms with E-state index < -0.39 is 6.10 Å². The second kappa shape index (κ2) is 7.66. The predicted molar refractivity (Wildman–Crippen MR) is 81.9 cm³/mol. The molecule has 0 amide bonds. The summed E-state index contributed by atoms with van der Waals surface area (Å²) in [7, 11) is 3.20. The van der Waals surface area contributed by atoms with Crippen molar-refractivity contribution in [2.45, 2.75) is 44.8 Å². The molecule has 1 saturated carbocycles. The highest BCUT2D eigenvalue weighted by Gasteiger charge is 2.21. The molecule has 0 aliphatic heterocycles. The standard InChI is InChI=1S/C17H26O4/c1-12-4-6-13(7-5-12)21-11-16(18)15-9-8-14(19-2)10-17(15)20-3/h8-10,12-13,16,18H,4-7,11H2,1-3H3. The summed E-state index contributed by atoms with van der Waals surface area (Å²) in [6.45, 7) is 2.59. The number of benzene rings is 1. The number of aliphatic hydroxyl groups is 1. The van der Waals surface area contributed by atoms with Crippen molar-refractivity contribution >= 4 is 0 Å². The van der Waals surface area contributed by atoms with Crippen LogP contribution in [-0.2, 0) is 4.74 Å². The molecule has 0 radical (unpaired) electrons. The molecule has 0 saturated heterocycles. The lowest BCUT2D eigenvalue weighted by atomic mass is 9.89. The van der Waals surface area contributed by atoms with Crippen molar-refractivity contribution in [3.63, 3.8) is 0 Å². The van der Waals surface area contributed by atoms with E-state index in [1.165, 1.54) is 12.8 Å². The first-order valence-corrected chi connectivity index (χ1v) is 7.65. The van der Waals surface area contributed by atoms with Crippen molar-refractivity contribution in [3.05, 3.63) is 23.8 Å². The lowest BCUT2D eigenvalue weighted by Gasteiger charge is -2.27. The highest BCUT2D eigenvalue weighted by molar-refractivity contribution is 5.42. The van der Waals surface area contributed by atoms with Gasteiger partial charge in [0.05, 0.1) is 26.9 Å². The summed E-state index contributed by atoms with van der Waals surface area (Å²) in [5.41, 5.74) is 0.738. The van der Waals surface area contributed by atoms with Gasteiger partial charge in [-0.05, 0) is 43.7 Å². The van der Waals surface area contributed by atoms with Crippen molar-refractivity contribution in [2.24, 2.45) is 5.92 Å². The lowest BCUT2D eigenvalue weighted by Crippen LogP contribution is -2.23. The summed E-state index contributed by atoms with van der Waals surface area (Å²) in [5, 5.41) is 10.3. The maximum Gasteiger partial charge on any atom is 0.128 e. The van der Waals surface area contributed by atoms with E-state index in [0.717, 1.165) is 24.3 Å². The lowest BCUT2D eigenvalue weighted by molar-refractivity contribution is -0.0299.